The molecule has 5 heteroatoms. The molecule has 1 unspecified atom stereocenters. The minimum atomic E-state index is -0.259. The van der Waals surface area contributed by atoms with Crippen molar-refractivity contribution in [1.29, 1.82) is 0 Å². The Hall–Kier alpha value is -0.580. The zero-order valence-corrected chi connectivity index (χ0v) is 12.5. The van der Waals surface area contributed by atoms with Crippen molar-refractivity contribution in [1.82, 2.24) is 14.7 Å². The van der Waals surface area contributed by atoms with Gasteiger partial charge in [0.05, 0.1) is 22.5 Å². The van der Waals surface area contributed by atoms with E-state index in [0.717, 1.165) is 48.9 Å². The molecule has 1 rings (SSSR count). The first-order chi connectivity index (χ1) is 8.49. The molecule has 0 spiro atoms. The van der Waals surface area contributed by atoms with Crippen molar-refractivity contribution in [3.8, 4) is 0 Å². The summed E-state index contributed by atoms with van der Waals surface area (Å²) in [5, 5.41) is 14.6. The van der Waals surface area contributed by atoms with E-state index in [0.29, 0.717) is 0 Å². The fourth-order valence-electron chi connectivity index (χ4n) is 1.91. The van der Waals surface area contributed by atoms with Crippen molar-refractivity contribution < 1.29 is 5.11 Å². The summed E-state index contributed by atoms with van der Waals surface area (Å²) in [6.07, 6.45) is 1.37. The second kappa shape index (κ2) is 7.12. The molecule has 104 valence electrons. The van der Waals surface area contributed by atoms with Crippen molar-refractivity contribution in [3.05, 3.63) is 16.4 Å². The highest BCUT2D eigenvalue weighted by molar-refractivity contribution is 6.31. The van der Waals surface area contributed by atoms with E-state index in [4.69, 9.17) is 11.6 Å². The van der Waals surface area contributed by atoms with Crippen LogP contribution in [-0.4, -0.2) is 39.5 Å². The molecule has 1 aromatic heterocycles. The minimum Gasteiger partial charge on any atom is -0.393 e. The van der Waals surface area contributed by atoms with Crippen LogP contribution in [0.3, 0.4) is 0 Å². The average Bonchev–Trinajstić information content (AvgIpc) is 2.63. The Bertz CT molecular complexity index is 377. The van der Waals surface area contributed by atoms with Crippen molar-refractivity contribution >= 4 is 11.6 Å². The van der Waals surface area contributed by atoms with Crippen LogP contribution in [0.25, 0.3) is 0 Å². The molecule has 0 aliphatic heterocycles. The molecule has 0 aliphatic rings. The number of aliphatic hydroxyl groups is 1. The highest BCUT2D eigenvalue weighted by Crippen LogP contribution is 2.22. The van der Waals surface area contributed by atoms with Gasteiger partial charge < -0.3 is 10.0 Å². The molecular weight excluding hydrogens is 250 g/mol. The van der Waals surface area contributed by atoms with Crippen LogP contribution in [0.5, 0.6) is 0 Å². The highest BCUT2D eigenvalue weighted by atomic mass is 35.5. The predicted octanol–water partition coefficient (Wildman–Crippen LogP) is 2.32. The number of aliphatic hydroxyl groups excluding tert-OH is 1. The Morgan fingerprint density at radius 3 is 2.61 bits per heavy atom. The first kappa shape index (κ1) is 15.5. The van der Waals surface area contributed by atoms with Crippen LogP contribution in [0, 0.1) is 0 Å². The van der Waals surface area contributed by atoms with Crippen molar-refractivity contribution in [2.24, 2.45) is 0 Å². The Balaban J connectivity index is 2.73. The standard InChI is InChI=1S/C13H24ClN3O/c1-5-11-13(14)12(17(6-2)15-11)9-16(4)8-7-10(3)18/h10,18H,5-9H2,1-4H3. The lowest BCUT2D eigenvalue weighted by atomic mass is 10.2. The first-order valence-corrected chi connectivity index (χ1v) is 6.98. The number of nitrogens with zero attached hydrogens (tertiary/aromatic N) is 3. The number of rotatable bonds is 7. The Morgan fingerprint density at radius 1 is 1.44 bits per heavy atom. The number of hydrogen-bond acceptors (Lipinski definition) is 3. The lowest BCUT2D eigenvalue weighted by Gasteiger charge is -2.18. The molecule has 1 heterocycles. The molecule has 0 radical (unpaired) electrons. The van der Waals surface area contributed by atoms with E-state index in [1.54, 1.807) is 0 Å². The Morgan fingerprint density at radius 2 is 2.11 bits per heavy atom. The van der Waals surface area contributed by atoms with Gasteiger partial charge in [-0.1, -0.05) is 18.5 Å². The lowest BCUT2D eigenvalue weighted by molar-refractivity contribution is 0.162. The van der Waals surface area contributed by atoms with Gasteiger partial charge in [0.2, 0.25) is 0 Å². The molecule has 0 bridgehead atoms. The van der Waals surface area contributed by atoms with Crippen LogP contribution < -0.4 is 0 Å². The summed E-state index contributed by atoms with van der Waals surface area (Å²) >= 11 is 6.36. The summed E-state index contributed by atoms with van der Waals surface area (Å²) in [5.41, 5.74) is 2.04. The van der Waals surface area contributed by atoms with E-state index in [-0.39, 0.29) is 6.10 Å². The van der Waals surface area contributed by atoms with Crippen LogP contribution in [-0.2, 0) is 19.5 Å². The molecule has 1 N–H and O–H groups in total. The smallest absolute Gasteiger partial charge is 0.0863 e. The van der Waals surface area contributed by atoms with E-state index >= 15 is 0 Å². The maximum Gasteiger partial charge on any atom is 0.0863 e. The third-order valence-corrected chi connectivity index (χ3v) is 3.48. The Kier molecular flexibility index (Phi) is 6.12. The van der Waals surface area contributed by atoms with E-state index in [1.807, 2.05) is 18.7 Å². The second-order valence-corrected chi connectivity index (χ2v) is 5.13. The molecule has 0 aromatic carbocycles. The van der Waals surface area contributed by atoms with Crippen LogP contribution in [0.15, 0.2) is 0 Å². The molecular formula is C13H24ClN3O. The topological polar surface area (TPSA) is 41.3 Å². The predicted molar refractivity (Wildman–Crippen MR) is 74.9 cm³/mol. The average molecular weight is 274 g/mol. The summed E-state index contributed by atoms with van der Waals surface area (Å²) in [6, 6.07) is 0. The van der Waals surface area contributed by atoms with Gasteiger partial charge >= 0.3 is 0 Å². The molecule has 0 saturated heterocycles. The lowest BCUT2D eigenvalue weighted by Crippen LogP contribution is -2.23. The highest BCUT2D eigenvalue weighted by Gasteiger charge is 2.15. The van der Waals surface area contributed by atoms with Gasteiger partial charge in [-0.25, -0.2) is 0 Å². The zero-order valence-electron chi connectivity index (χ0n) is 11.8. The van der Waals surface area contributed by atoms with E-state index in [2.05, 4.69) is 23.8 Å². The minimum absolute atomic E-state index is 0.259. The number of hydrogen-bond donors (Lipinski definition) is 1. The number of aryl methyl sites for hydroxylation is 2. The van der Waals surface area contributed by atoms with Crippen LogP contribution >= 0.6 is 11.6 Å². The zero-order chi connectivity index (χ0) is 13.7. The summed E-state index contributed by atoms with van der Waals surface area (Å²) in [6.45, 7) is 8.40. The molecule has 0 amide bonds. The summed E-state index contributed by atoms with van der Waals surface area (Å²) in [5.74, 6) is 0. The van der Waals surface area contributed by atoms with Gasteiger partial charge in [-0.05, 0) is 33.7 Å². The quantitative estimate of drug-likeness (QED) is 0.829. The number of halogens is 1. The van der Waals surface area contributed by atoms with Crippen LogP contribution in [0.1, 0.15) is 38.6 Å². The van der Waals surface area contributed by atoms with Gasteiger partial charge in [0.25, 0.3) is 0 Å². The van der Waals surface area contributed by atoms with Crippen LogP contribution in [0.2, 0.25) is 5.02 Å². The van der Waals surface area contributed by atoms with Crippen LogP contribution in [0.4, 0.5) is 0 Å². The molecule has 18 heavy (non-hydrogen) atoms. The Labute approximate surface area is 115 Å². The van der Waals surface area contributed by atoms with Gasteiger partial charge in [0.1, 0.15) is 0 Å². The molecule has 4 nitrogen and oxygen atoms in total. The fourth-order valence-corrected chi connectivity index (χ4v) is 2.24. The van der Waals surface area contributed by atoms with E-state index < -0.39 is 0 Å². The summed E-state index contributed by atoms with van der Waals surface area (Å²) in [4.78, 5) is 2.17. The van der Waals surface area contributed by atoms with Crippen molar-refractivity contribution in [3.63, 3.8) is 0 Å². The third kappa shape index (κ3) is 3.97. The molecule has 1 aromatic rings. The fraction of sp³-hybridized carbons (Fsp3) is 0.769. The van der Waals surface area contributed by atoms with E-state index in [9.17, 15) is 5.11 Å². The van der Waals surface area contributed by atoms with Gasteiger partial charge in [-0.3, -0.25) is 4.68 Å². The van der Waals surface area contributed by atoms with Gasteiger partial charge in [0, 0.05) is 19.6 Å². The second-order valence-electron chi connectivity index (χ2n) is 4.75. The third-order valence-electron chi connectivity index (χ3n) is 3.04. The van der Waals surface area contributed by atoms with Gasteiger partial charge in [0.15, 0.2) is 0 Å². The SMILES string of the molecule is CCc1nn(CC)c(CN(C)CCC(C)O)c1Cl. The largest absolute Gasteiger partial charge is 0.393 e. The van der Waals surface area contributed by atoms with Gasteiger partial charge in [-0.2, -0.15) is 5.10 Å². The molecule has 0 saturated carbocycles. The van der Waals surface area contributed by atoms with Gasteiger partial charge in [-0.15, -0.1) is 0 Å². The molecule has 0 aliphatic carbocycles. The van der Waals surface area contributed by atoms with E-state index in [1.165, 1.54) is 0 Å². The first-order valence-electron chi connectivity index (χ1n) is 6.60. The normalized spacial score (nSPS) is 13.3. The van der Waals surface area contributed by atoms with Crippen molar-refractivity contribution in [2.45, 2.75) is 52.8 Å². The maximum absolute atomic E-state index is 9.29. The maximum atomic E-state index is 9.29. The molecule has 0 fully saturated rings. The number of aromatic nitrogens is 2. The molecule has 1 atom stereocenters. The summed E-state index contributed by atoms with van der Waals surface area (Å²) in [7, 11) is 2.04. The monoisotopic (exact) mass is 273 g/mol. The summed E-state index contributed by atoms with van der Waals surface area (Å²) < 4.78 is 1.97. The van der Waals surface area contributed by atoms with Crippen molar-refractivity contribution in [2.75, 3.05) is 13.6 Å².